The van der Waals surface area contributed by atoms with Crippen molar-refractivity contribution in [3.05, 3.63) is 148 Å². The fourth-order valence-electron chi connectivity index (χ4n) is 4.14. The molecule has 0 radical (unpaired) electrons. The number of hydrogen-bond donors (Lipinski definition) is 0. The van der Waals surface area contributed by atoms with Crippen LogP contribution in [0.2, 0.25) is 10.0 Å². The van der Waals surface area contributed by atoms with Gasteiger partial charge in [0.1, 0.15) is 0 Å². The van der Waals surface area contributed by atoms with Crippen LogP contribution in [0.3, 0.4) is 0 Å². The van der Waals surface area contributed by atoms with Gasteiger partial charge >= 0.3 is 0 Å². The SMILES string of the molecule is O=C(/C=C/c1ccccc1)N(CCC(c1ccccc1)c1ccccc1)Cc1ccc(Cl)c(Cl)c1. The van der Waals surface area contributed by atoms with E-state index in [9.17, 15) is 4.79 Å². The summed E-state index contributed by atoms with van der Waals surface area (Å²) in [6, 6.07) is 36.3. The highest BCUT2D eigenvalue weighted by Crippen LogP contribution is 2.29. The van der Waals surface area contributed by atoms with Gasteiger partial charge in [0.05, 0.1) is 10.0 Å². The van der Waals surface area contributed by atoms with Crippen LogP contribution in [-0.4, -0.2) is 17.4 Å². The summed E-state index contributed by atoms with van der Waals surface area (Å²) in [5.74, 6) is 0.138. The molecule has 0 heterocycles. The van der Waals surface area contributed by atoms with Gasteiger partial charge in [-0.25, -0.2) is 0 Å². The molecule has 4 aromatic rings. The van der Waals surface area contributed by atoms with Crippen LogP contribution in [0.15, 0.2) is 115 Å². The fraction of sp³-hybridized carbons (Fsp3) is 0.129. The summed E-state index contributed by atoms with van der Waals surface area (Å²) in [5, 5.41) is 0.994. The summed E-state index contributed by atoms with van der Waals surface area (Å²) >= 11 is 12.4. The van der Waals surface area contributed by atoms with Crippen LogP contribution in [-0.2, 0) is 11.3 Å². The van der Waals surface area contributed by atoms with Crippen LogP contribution in [0.25, 0.3) is 6.08 Å². The number of benzene rings is 4. The molecule has 2 nitrogen and oxygen atoms in total. The molecule has 0 aliphatic carbocycles. The molecule has 35 heavy (non-hydrogen) atoms. The zero-order valence-electron chi connectivity index (χ0n) is 19.4. The number of amides is 1. The standard InChI is InChI=1S/C31H27Cl2NO/c32-29-18-16-25(22-30(29)33)23-34(31(35)19-17-24-10-4-1-5-11-24)21-20-28(26-12-6-2-7-13-26)27-14-8-3-9-15-27/h1-19,22,28H,20-21,23H2/b19-17+. The van der Waals surface area contributed by atoms with Crippen LogP contribution in [0.5, 0.6) is 0 Å². The van der Waals surface area contributed by atoms with Gasteiger partial charge in [-0.1, -0.05) is 120 Å². The van der Waals surface area contributed by atoms with Gasteiger partial charge in [0.25, 0.3) is 0 Å². The van der Waals surface area contributed by atoms with Gasteiger partial charge in [0.2, 0.25) is 5.91 Å². The minimum Gasteiger partial charge on any atom is -0.335 e. The number of carbonyl (C=O) groups excluding carboxylic acids is 1. The molecule has 4 aromatic carbocycles. The van der Waals surface area contributed by atoms with Gasteiger partial charge in [-0.3, -0.25) is 4.79 Å². The summed E-state index contributed by atoms with van der Waals surface area (Å²) < 4.78 is 0. The first-order valence-corrected chi connectivity index (χ1v) is 12.4. The second-order valence-corrected chi connectivity index (χ2v) is 9.23. The third-order valence-corrected chi connectivity index (χ3v) is 6.72. The largest absolute Gasteiger partial charge is 0.335 e. The molecule has 0 saturated carbocycles. The molecule has 0 N–H and O–H groups in total. The molecule has 0 fully saturated rings. The Kier molecular flexibility index (Phi) is 8.78. The number of nitrogens with zero attached hydrogens (tertiary/aromatic N) is 1. The summed E-state index contributed by atoms with van der Waals surface area (Å²) in [5.41, 5.74) is 4.40. The van der Waals surface area contributed by atoms with E-state index in [-0.39, 0.29) is 11.8 Å². The second kappa shape index (κ2) is 12.4. The van der Waals surface area contributed by atoms with Crippen LogP contribution in [0.1, 0.15) is 34.6 Å². The number of carbonyl (C=O) groups is 1. The molecule has 4 rings (SSSR count). The Morgan fingerprint density at radius 1 is 0.743 bits per heavy atom. The molecule has 0 saturated heterocycles. The topological polar surface area (TPSA) is 20.3 Å². The van der Waals surface area contributed by atoms with E-state index in [1.54, 1.807) is 12.1 Å². The Balaban J connectivity index is 1.58. The van der Waals surface area contributed by atoms with Crippen molar-refractivity contribution in [3.63, 3.8) is 0 Å². The molecule has 0 unspecified atom stereocenters. The van der Waals surface area contributed by atoms with Crippen molar-refractivity contribution in [2.75, 3.05) is 6.54 Å². The highest BCUT2D eigenvalue weighted by Gasteiger charge is 2.18. The maximum Gasteiger partial charge on any atom is 0.246 e. The first-order valence-electron chi connectivity index (χ1n) is 11.7. The normalized spacial score (nSPS) is 11.2. The van der Waals surface area contributed by atoms with Crippen molar-refractivity contribution < 1.29 is 4.79 Å². The predicted octanol–water partition coefficient (Wildman–Crippen LogP) is 8.26. The lowest BCUT2D eigenvalue weighted by Gasteiger charge is -2.25. The monoisotopic (exact) mass is 499 g/mol. The maximum atomic E-state index is 13.3. The smallest absolute Gasteiger partial charge is 0.246 e. The second-order valence-electron chi connectivity index (χ2n) is 8.41. The predicted molar refractivity (Wildman–Crippen MR) is 147 cm³/mol. The Hall–Kier alpha value is -3.33. The maximum absolute atomic E-state index is 13.3. The molecule has 1 amide bonds. The van der Waals surface area contributed by atoms with Gasteiger partial charge in [-0.2, -0.15) is 0 Å². The highest BCUT2D eigenvalue weighted by molar-refractivity contribution is 6.42. The van der Waals surface area contributed by atoms with Crippen molar-refractivity contribution in [1.29, 1.82) is 0 Å². The van der Waals surface area contributed by atoms with Crippen LogP contribution >= 0.6 is 23.2 Å². The summed E-state index contributed by atoms with van der Waals surface area (Å²) in [6.45, 7) is 1.04. The van der Waals surface area contributed by atoms with E-state index in [2.05, 4.69) is 48.5 Å². The molecule has 0 spiro atoms. The van der Waals surface area contributed by atoms with Gasteiger partial charge in [-0.05, 0) is 46.9 Å². The molecule has 176 valence electrons. The summed E-state index contributed by atoms with van der Waals surface area (Å²) in [4.78, 5) is 15.2. The Morgan fingerprint density at radius 2 is 1.31 bits per heavy atom. The molecule has 0 aliphatic heterocycles. The number of rotatable bonds is 9. The molecule has 0 bridgehead atoms. The van der Waals surface area contributed by atoms with Crippen molar-refractivity contribution in [1.82, 2.24) is 4.90 Å². The first kappa shape index (κ1) is 24.8. The quantitative estimate of drug-likeness (QED) is 0.212. The molecule has 4 heteroatoms. The summed E-state index contributed by atoms with van der Waals surface area (Å²) in [6.07, 6.45) is 4.29. The average molecular weight is 500 g/mol. The van der Waals surface area contributed by atoms with E-state index < -0.39 is 0 Å². The van der Waals surface area contributed by atoms with Gasteiger partial charge in [-0.15, -0.1) is 0 Å². The zero-order valence-corrected chi connectivity index (χ0v) is 20.9. The van der Waals surface area contributed by atoms with E-state index in [1.807, 2.05) is 65.6 Å². The Morgan fingerprint density at radius 3 is 1.89 bits per heavy atom. The van der Waals surface area contributed by atoms with Crippen LogP contribution < -0.4 is 0 Å². The third-order valence-electron chi connectivity index (χ3n) is 5.98. The third kappa shape index (κ3) is 7.08. The lowest BCUT2D eigenvalue weighted by molar-refractivity contribution is -0.126. The minimum absolute atomic E-state index is 0.0419. The van der Waals surface area contributed by atoms with Crippen molar-refractivity contribution in [3.8, 4) is 0 Å². The van der Waals surface area contributed by atoms with E-state index in [1.165, 1.54) is 11.1 Å². The zero-order chi connectivity index (χ0) is 24.5. The van der Waals surface area contributed by atoms with Gasteiger partial charge in [0, 0.05) is 25.1 Å². The molecule has 0 aliphatic rings. The van der Waals surface area contributed by atoms with E-state index in [0.717, 1.165) is 17.5 Å². The fourth-order valence-corrected chi connectivity index (χ4v) is 4.46. The van der Waals surface area contributed by atoms with Crippen LogP contribution in [0.4, 0.5) is 0 Å². The average Bonchev–Trinajstić information content (AvgIpc) is 2.90. The van der Waals surface area contributed by atoms with E-state index >= 15 is 0 Å². The van der Waals surface area contributed by atoms with Crippen LogP contribution in [0, 0.1) is 0 Å². The Labute approximate surface area is 217 Å². The number of hydrogen-bond acceptors (Lipinski definition) is 1. The highest BCUT2D eigenvalue weighted by atomic mass is 35.5. The van der Waals surface area contributed by atoms with E-state index in [0.29, 0.717) is 23.1 Å². The van der Waals surface area contributed by atoms with Crippen molar-refractivity contribution in [2.24, 2.45) is 0 Å². The molecular weight excluding hydrogens is 473 g/mol. The molecule has 0 atom stereocenters. The molecule has 0 aromatic heterocycles. The summed E-state index contributed by atoms with van der Waals surface area (Å²) in [7, 11) is 0. The molecular formula is C31H27Cl2NO. The minimum atomic E-state index is -0.0419. The first-order chi connectivity index (χ1) is 17.1. The lowest BCUT2D eigenvalue weighted by Crippen LogP contribution is -2.31. The lowest BCUT2D eigenvalue weighted by atomic mass is 9.88. The van der Waals surface area contributed by atoms with Gasteiger partial charge in [0.15, 0.2) is 0 Å². The Bertz CT molecular complexity index is 1220. The van der Waals surface area contributed by atoms with E-state index in [4.69, 9.17) is 23.2 Å². The van der Waals surface area contributed by atoms with Crippen molar-refractivity contribution in [2.45, 2.75) is 18.9 Å². The number of halogens is 2. The van der Waals surface area contributed by atoms with Crippen molar-refractivity contribution >= 4 is 35.2 Å². The van der Waals surface area contributed by atoms with Gasteiger partial charge < -0.3 is 4.90 Å².